The van der Waals surface area contributed by atoms with Gasteiger partial charge in [-0.1, -0.05) is 35.0 Å². The molecule has 3 N–H and O–H groups in total. The topological polar surface area (TPSA) is 98.7 Å². The van der Waals surface area contributed by atoms with Crippen molar-refractivity contribution in [3.8, 4) is 0 Å². The molecule has 2 aromatic rings. The van der Waals surface area contributed by atoms with Crippen LogP contribution in [0.5, 0.6) is 0 Å². The number of thioether (sulfide) groups is 1. The molecule has 106 valence electrons. The van der Waals surface area contributed by atoms with Crippen LogP contribution in [0.4, 0.5) is 5.82 Å². The van der Waals surface area contributed by atoms with Crippen molar-refractivity contribution in [3.63, 3.8) is 0 Å². The molecule has 2 heterocycles. The van der Waals surface area contributed by atoms with E-state index in [4.69, 9.17) is 29.0 Å². The second kappa shape index (κ2) is 6.29. The smallest absolute Gasteiger partial charge is 0.238 e. The highest BCUT2D eigenvalue weighted by molar-refractivity contribution is 8.00. The average molecular weight is 333 g/mol. The van der Waals surface area contributed by atoms with Gasteiger partial charge in [-0.25, -0.2) is 9.66 Å². The Morgan fingerprint density at radius 3 is 2.90 bits per heavy atom. The predicted molar refractivity (Wildman–Crippen MR) is 78.4 cm³/mol. The molecule has 2 aromatic heterocycles. The Kier molecular flexibility index (Phi) is 4.69. The number of nitrogen functional groups attached to an aromatic ring is 1. The maximum Gasteiger partial charge on any atom is 0.238 e. The monoisotopic (exact) mass is 332 g/mol. The highest BCUT2D eigenvalue weighted by Crippen LogP contribution is 2.25. The molecule has 0 aliphatic carbocycles. The number of hydrogen-bond donors (Lipinski definition) is 2. The molecule has 7 nitrogen and oxygen atoms in total. The molecule has 0 fully saturated rings. The number of nitrogens with zero attached hydrogens (tertiary/aromatic N) is 4. The SMILES string of the molecule is CC(Sc1nncn1N)C(=O)Nc1ncc(Cl)cc1Cl. The van der Waals surface area contributed by atoms with Crippen molar-refractivity contribution in [1.82, 2.24) is 19.9 Å². The number of rotatable bonds is 4. The minimum atomic E-state index is -0.449. The number of amides is 1. The standard InChI is InChI=1S/C10H10Cl2N6OS/c1-5(20-10-17-15-4-18(10)13)9(19)16-8-7(12)2-6(11)3-14-8/h2-5H,13H2,1H3,(H,14,16,19). The summed E-state index contributed by atoms with van der Waals surface area (Å²) in [5.74, 6) is 5.54. The van der Waals surface area contributed by atoms with Crippen molar-refractivity contribution in [3.05, 3.63) is 28.6 Å². The number of hydrogen-bond acceptors (Lipinski definition) is 6. The van der Waals surface area contributed by atoms with Crippen LogP contribution in [-0.2, 0) is 4.79 Å². The van der Waals surface area contributed by atoms with Crippen molar-refractivity contribution in [2.45, 2.75) is 17.3 Å². The fraction of sp³-hybridized carbons (Fsp3) is 0.200. The number of carbonyl (C=O) groups excluding carboxylic acids is 1. The number of carbonyl (C=O) groups is 1. The third kappa shape index (κ3) is 3.53. The minimum absolute atomic E-state index is 0.253. The van der Waals surface area contributed by atoms with E-state index in [2.05, 4.69) is 20.5 Å². The van der Waals surface area contributed by atoms with Crippen LogP contribution in [0.25, 0.3) is 0 Å². The van der Waals surface area contributed by atoms with Crippen LogP contribution >= 0.6 is 35.0 Å². The average Bonchev–Trinajstić information content (AvgIpc) is 2.78. The van der Waals surface area contributed by atoms with Gasteiger partial charge in [-0.3, -0.25) is 4.79 Å². The Bertz CT molecular complexity index is 634. The predicted octanol–water partition coefficient (Wildman–Crippen LogP) is 1.81. The summed E-state index contributed by atoms with van der Waals surface area (Å²) in [6.45, 7) is 1.71. The molecule has 0 aliphatic heterocycles. The van der Waals surface area contributed by atoms with Gasteiger partial charge in [0.05, 0.1) is 15.3 Å². The lowest BCUT2D eigenvalue weighted by molar-refractivity contribution is -0.115. The molecule has 0 aromatic carbocycles. The maximum absolute atomic E-state index is 12.0. The molecule has 0 radical (unpaired) electrons. The normalized spacial score (nSPS) is 12.2. The lowest BCUT2D eigenvalue weighted by Gasteiger charge is -2.11. The first-order valence-electron chi connectivity index (χ1n) is 5.41. The van der Waals surface area contributed by atoms with Gasteiger partial charge in [0.15, 0.2) is 5.82 Å². The van der Waals surface area contributed by atoms with E-state index >= 15 is 0 Å². The first-order valence-corrected chi connectivity index (χ1v) is 7.04. The summed E-state index contributed by atoms with van der Waals surface area (Å²) < 4.78 is 1.24. The largest absolute Gasteiger partial charge is 0.336 e. The molecule has 10 heteroatoms. The number of nitrogens with two attached hydrogens (primary N) is 1. The van der Waals surface area contributed by atoms with Gasteiger partial charge in [0.2, 0.25) is 11.1 Å². The van der Waals surface area contributed by atoms with Gasteiger partial charge in [-0.05, 0) is 13.0 Å². The van der Waals surface area contributed by atoms with E-state index in [1.807, 2.05) is 0 Å². The van der Waals surface area contributed by atoms with Gasteiger partial charge in [0, 0.05) is 6.20 Å². The van der Waals surface area contributed by atoms with Crippen LogP contribution in [0, 0.1) is 0 Å². The van der Waals surface area contributed by atoms with Crippen LogP contribution in [0.1, 0.15) is 6.92 Å². The van der Waals surface area contributed by atoms with Gasteiger partial charge in [0.1, 0.15) is 6.33 Å². The Morgan fingerprint density at radius 1 is 1.55 bits per heavy atom. The van der Waals surface area contributed by atoms with Crippen molar-refractivity contribution in [1.29, 1.82) is 0 Å². The third-order valence-electron chi connectivity index (χ3n) is 2.24. The molecular formula is C10H10Cl2N6OS. The van der Waals surface area contributed by atoms with Gasteiger partial charge in [0.25, 0.3) is 0 Å². The van der Waals surface area contributed by atoms with E-state index in [9.17, 15) is 4.79 Å². The molecule has 0 saturated carbocycles. The maximum atomic E-state index is 12.0. The Balaban J connectivity index is 2.02. The fourth-order valence-corrected chi connectivity index (χ4v) is 2.43. The van der Waals surface area contributed by atoms with Gasteiger partial charge in [-0.2, -0.15) is 0 Å². The van der Waals surface area contributed by atoms with Crippen LogP contribution in [-0.4, -0.2) is 31.0 Å². The number of halogens is 2. The second-order valence-electron chi connectivity index (χ2n) is 3.75. The van der Waals surface area contributed by atoms with Crippen molar-refractivity contribution < 1.29 is 4.79 Å². The molecule has 1 amide bonds. The molecule has 0 bridgehead atoms. The Morgan fingerprint density at radius 2 is 2.30 bits per heavy atom. The molecule has 0 aliphatic rings. The highest BCUT2D eigenvalue weighted by atomic mass is 35.5. The first-order chi connectivity index (χ1) is 9.47. The van der Waals surface area contributed by atoms with Crippen molar-refractivity contribution in [2.75, 3.05) is 11.2 Å². The summed E-state index contributed by atoms with van der Waals surface area (Å²) in [6.07, 6.45) is 2.75. The van der Waals surface area contributed by atoms with E-state index in [0.29, 0.717) is 10.2 Å². The quantitative estimate of drug-likeness (QED) is 0.654. The molecule has 1 unspecified atom stereocenters. The Hall–Kier alpha value is -1.51. The van der Waals surface area contributed by atoms with Crippen LogP contribution in [0.3, 0.4) is 0 Å². The van der Waals surface area contributed by atoms with E-state index in [1.54, 1.807) is 6.92 Å². The first kappa shape index (κ1) is 14.9. The number of nitrogens with one attached hydrogen (secondary N) is 1. The molecule has 2 rings (SSSR count). The highest BCUT2D eigenvalue weighted by Gasteiger charge is 2.19. The number of anilines is 1. The zero-order valence-electron chi connectivity index (χ0n) is 10.2. The summed E-state index contributed by atoms with van der Waals surface area (Å²) in [5, 5.41) is 10.7. The molecule has 0 saturated heterocycles. The van der Waals surface area contributed by atoms with Gasteiger partial charge < -0.3 is 11.2 Å². The van der Waals surface area contributed by atoms with Crippen LogP contribution < -0.4 is 11.2 Å². The van der Waals surface area contributed by atoms with Crippen LogP contribution in [0.2, 0.25) is 10.0 Å². The lowest BCUT2D eigenvalue weighted by Crippen LogP contribution is -2.24. The van der Waals surface area contributed by atoms with Crippen molar-refractivity contribution >= 4 is 46.7 Å². The van der Waals surface area contributed by atoms with E-state index in [0.717, 1.165) is 0 Å². The summed E-state index contributed by atoms with van der Waals surface area (Å²) >= 11 is 12.8. The van der Waals surface area contributed by atoms with Gasteiger partial charge in [-0.15, -0.1) is 10.2 Å². The van der Waals surface area contributed by atoms with Crippen LogP contribution in [0.15, 0.2) is 23.7 Å². The minimum Gasteiger partial charge on any atom is -0.336 e. The molecule has 1 atom stereocenters. The number of pyridine rings is 1. The Labute approximate surface area is 128 Å². The molecule has 20 heavy (non-hydrogen) atoms. The summed E-state index contributed by atoms with van der Waals surface area (Å²) in [4.78, 5) is 16.0. The van der Waals surface area contributed by atoms with Crippen molar-refractivity contribution in [2.24, 2.45) is 0 Å². The summed E-state index contributed by atoms with van der Waals surface area (Å²) in [7, 11) is 0. The summed E-state index contributed by atoms with van der Waals surface area (Å²) in [5.41, 5.74) is 0. The fourth-order valence-electron chi connectivity index (χ4n) is 1.25. The molecular weight excluding hydrogens is 323 g/mol. The van der Waals surface area contributed by atoms with E-state index < -0.39 is 5.25 Å². The number of aromatic nitrogens is 4. The zero-order chi connectivity index (χ0) is 14.7. The van der Waals surface area contributed by atoms with E-state index in [-0.39, 0.29) is 16.7 Å². The molecule has 0 spiro atoms. The summed E-state index contributed by atoms with van der Waals surface area (Å²) in [6, 6.07) is 1.50. The van der Waals surface area contributed by atoms with Gasteiger partial charge >= 0.3 is 0 Å². The lowest BCUT2D eigenvalue weighted by atomic mass is 10.4. The van der Waals surface area contributed by atoms with E-state index in [1.165, 1.54) is 35.0 Å². The zero-order valence-corrected chi connectivity index (χ0v) is 12.6. The third-order valence-corrected chi connectivity index (χ3v) is 3.81. The second-order valence-corrected chi connectivity index (χ2v) is 5.91.